The van der Waals surface area contributed by atoms with Crippen LogP contribution in [0.4, 0.5) is 0 Å². The van der Waals surface area contributed by atoms with Crippen molar-refractivity contribution < 1.29 is 0 Å². The minimum atomic E-state index is 0.977. The van der Waals surface area contributed by atoms with Gasteiger partial charge in [0.15, 0.2) is 0 Å². The molecule has 2 nitrogen and oxygen atoms in total. The minimum absolute atomic E-state index is 0.977. The van der Waals surface area contributed by atoms with Gasteiger partial charge in [-0.1, -0.05) is 57.5 Å². The highest BCUT2D eigenvalue weighted by Crippen LogP contribution is 2.35. The van der Waals surface area contributed by atoms with E-state index in [0.717, 1.165) is 21.7 Å². The topological polar surface area (TPSA) is 25.8 Å². The van der Waals surface area contributed by atoms with Crippen LogP contribution in [0.3, 0.4) is 0 Å². The molecular weight excluding hydrogens is 603 g/mol. The van der Waals surface area contributed by atoms with Gasteiger partial charge < -0.3 is 0 Å². The molecule has 0 atom stereocenters. The van der Waals surface area contributed by atoms with Gasteiger partial charge in [-0.2, -0.15) is 0 Å². The lowest BCUT2D eigenvalue weighted by Crippen LogP contribution is -1.86. The molecule has 0 aliphatic heterocycles. The van der Waals surface area contributed by atoms with Crippen molar-refractivity contribution in [3.8, 4) is 33.5 Å². The number of hydrogen-bond acceptors (Lipinski definition) is 4. The molecule has 37 heavy (non-hydrogen) atoms. The van der Waals surface area contributed by atoms with Gasteiger partial charge in [0.25, 0.3) is 0 Å². The zero-order valence-corrected chi connectivity index (χ0v) is 23.3. The molecule has 5 heteroatoms. The van der Waals surface area contributed by atoms with Gasteiger partial charge in [0.1, 0.15) is 4.83 Å². The van der Waals surface area contributed by atoms with Gasteiger partial charge in [-0.3, -0.25) is 4.98 Å². The second-order valence-electron chi connectivity index (χ2n) is 8.98. The second kappa shape index (κ2) is 9.56. The Balaban J connectivity index is 1.22. The molecule has 3 heterocycles. The van der Waals surface area contributed by atoms with Crippen LogP contribution in [0.5, 0.6) is 0 Å². The molecule has 0 unspecified atom stereocenters. The average molecular weight is 623 g/mol. The zero-order valence-electron chi connectivity index (χ0n) is 19.6. The Morgan fingerprint density at radius 3 is 2.08 bits per heavy atom. The predicted molar refractivity (Wildman–Crippen MR) is 169 cm³/mol. The van der Waals surface area contributed by atoms with E-state index < -0.39 is 0 Å². The molecule has 0 N–H and O–H groups in total. The summed E-state index contributed by atoms with van der Waals surface area (Å²) >= 11 is 4.06. The van der Waals surface area contributed by atoms with Gasteiger partial charge in [0, 0.05) is 65.1 Å². The number of benzene rings is 4. The standard InChI is InChI=1S/C32H19IN2S2/c33-37-27-11-7-20(8-12-27)22-5-3-21-4-6-23(17-26(21)16-22)25-9-13-30(35-19-25)24-10-14-31-29(18-24)28-2-1-15-34-32(28)36-31/h1-19H. The van der Waals surface area contributed by atoms with Crippen molar-refractivity contribution in [2.24, 2.45) is 0 Å². The van der Waals surface area contributed by atoms with Crippen molar-refractivity contribution in [3.05, 3.63) is 116 Å². The number of halogens is 1. The number of pyridine rings is 2. The molecule has 0 amide bonds. The van der Waals surface area contributed by atoms with Gasteiger partial charge in [0.05, 0.1) is 5.69 Å². The maximum absolute atomic E-state index is 4.84. The molecule has 0 aliphatic rings. The summed E-state index contributed by atoms with van der Waals surface area (Å²) in [5, 5.41) is 4.91. The van der Waals surface area contributed by atoms with Gasteiger partial charge >= 0.3 is 0 Å². The summed E-state index contributed by atoms with van der Waals surface area (Å²) in [6, 6.07) is 37.1. The van der Waals surface area contributed by atoms with Gasteiger partial charge in [-0.25, -0.2) is 4.98 Å². The van der Waals surface area contributed by atoms with E-state index in [0.29, 0.717) is 0 Å². The highest BCUT2D eigenvalue weighted by molar-refractivity contribution is 14.2. The number of fused-ring (bicyclic) bond motifs is 4. The summed E-state index contributed by atoms with van der Waals surface area (Å²) in [6.45, 7) is 0. The summed E-state index contributed by atoms with van der Waals surface area (Å²) < 4.78 is 1.25. The largest absolute Gasteiger partial charge is 0.256 e. The van der Waals surface area contributed by atoms with Crippen molar-refractivity contribution in [1.29, 1.82) is 0 Å². The fourth-order valence-electron chi connectivity index (χ4n) is 4.81. The van der Waals surface area contributed by atoms with E-state index in [1.807, 2.05) is 18.5 Å². The molecular formula is C32H19IN2S2. The fourth-order valence-corrected chi connectivity index (χ4v) is 6.95. The number of thiophene rings is 1. The highest BCUT2D eigenvalue weighted by Gasteiger charge is 2.09. The van der Waals surface area contributed by atoms with Crippen LogP contribution >= 0.6 is 41.5 Å². The lowest BCUT2D eigenvalue weighted by Gasteiger charge is -2.08. The normalized spacial score (nSPS) is 11.5. The minimum Gasteiger partial charge on any atom is -0.256 e. The SMILES string of the molecule is ISc1ccc(-c2ccc3ccc(-c4ccc(-c5ccc6sc7ncccc7c6c5)nc4)cc3c2)cc1. The smallest absolute Gasteiger partial charge is 0.124 e. The lowest BCUT2D eigenvalue weighted by atomic mass is 9.98. The Bertz CT molecular complexity index is 1910. The summed E-state index contributed by atoms with van der Waals surface area (Å²) in [4.78, 5) is 11.7. The first-order valence-corrected chi connectivity index (χ1v) is 16.1. The first-order chi connectivity index (χ1) is 18.2. The molecule has 0 fully saturated rings. The summed E-state index contributed by atoms with van der Waals surface area (Å²) in [5.41, 5.74) is 6.85. The van der Waals surface area contributed by atoms with Crippen molar-refractivity contribution in [1.82, 2.24) is 9.97 Å². The number of aromatic nitrogens is 2. The van der Waals surface area contributed by atoms with Gasteiger partial charge in [-0.05, 0) is 82.1 Å². The fraction of sp³-hybridized carbons (Fsp3) is 0. The number of rotatable bonds is 4. The predicted octanol–water partition coefficient (Wildman–Crippen LogP) is 10.4. The molecule has 0 radical (unpaired) electrons. The molecule has 7 aromatic rings. The van der Waals surface area contributed by atoms with Crippen LogP contribution in [0.1, 0.15) is 0 Å². The molecule has 7 rings (SSSR count). The molecule has 0 saturated carbocycles. The number of hydrogen-bond donors (Lipinski definition) is 0. The monoisotopic (exact) mass is 622 g/mol. The third-order valence-electron chi connectivity index (χ3n) is 6.76. The molecule has 3 aromatic heterocycles. The van der Waals surface area contributed by atoms with Crippen LogP contribution in [0.25, 0.3) is 64.6 Å². The molecule has 4 aromatic carbocycles. The quantitative estimate of drug-likeness (QED) is 0.183. The Morgan fingerprint density at radius 2 is 1.32 bits per heavy atom. The third kappa shape index (κ3) is 4.31. The lowest BCUT2D eigenvalue weighted by molar-refractivity contribution is 1.33. The van der Waals surface area contributed by atoms with Crippen LogP contribution in [0.2, 0.25) is 0 Å². The van der Waals surface area contributed by atoms with E-state index in [4.69, 9.17) is 4.98 Å². The van der Waals surface area contributed by atoms with Crippen LogP contribution < -0.4 is 0 Å². The van der Waals surface area contributed by atoms with Crippen molar-refractivity contribution in [3.63, 3.8) is 0 Å². The summed E-state index contributed by atoms with van der Waals surface area (Å²) in [5.74, 6) is 0. The first-order valence-electron chi connectivity index (χ1n) is 11.9. The van der Waals surface area contributed by atoms with E-state index in [-0.39, 0.29) is 0 Å². The Labute approximate surface area is 235 Å². The van der Waals surface area contributed by atoms with Crippen LogP contribution in [0.15, 0.2) is 120 Å². The maximum Gasteiger partial charge on any atom is 0.124 e. The van der Waals surface area contributed by atoms with Gasteiger partial charge in [-0.15, -0.1) is 11.3 Å². The van der Waals surface area contributed by atoms with E-state index in [9.17, 15) is 0 Å². The van der Waals surface area contributed by atoms with Crippen LogP contribution in [-0.2, 0) is 0 Å². The average Bonchev–Trinajstić information content (AvgIpc) is 3.35. The zero-order chi connectivity index (χ0) is 24.8. The maximum atomic E-state index is 4.84. The van der Waals surface area contributed by atoms with Crippen LogP contribution in [-0.4, -0.2) is 9.97 Å². The van der Waals surface area contributed by atoms with E-state index in [1.165, 1.54) is 47.8 Å². The first kappa shape index (κ1) is 22.9. The van der Waals surface area contributed by atoms with Gasteiger partial charge in [0.2, 0.25) is 0 Å². The van der Waals surface area contributed by atoms with E-state index >= 15 is 0 Å². The van der Waals surface area contributed by atoms with Crippen molar-refractivity contribution in [2.75, 3.05) is 0 Å². The van der Waals surface area contributed by atoms with Crippen LogP contribution in [0, 0.1) is 0 Å². The van der Waals surface area contributed by atoms with E-state index in [2.05, 4.69) is 123 Å². The Hall–Kier alpha value is -3.26. The van der Waals surface area contributed by atoms with Crippen molar-refractivity contribution >= 4 is 72.6 Å². The molecule has 176 valence electrons. The Kier molecular flexibility index (Phi) is 5.92. The summed E-state index contributed by atoms with van der Waals surface area (Å²) in [6.07, 6.45) is 3.84. The highest BCUT2D eigenvalue weighted by atomic mass is 127. The third-order valence-corrected chi connectivity index (χ3v) is 9.83. The van der Waals surface area contributed by atoms with E-state index in [1.54, 1.807) is 20.3 Å². The molecule has 0 aliphatic carbocycles. The summed E-state index contributed by atoms with van der Waals surface area (Å²) in [7, 11) is 1.74. The Morgan fingerprint density at radius 1 is 0.595 bits per heavy atom. The molecule has 0 spiro atoms. The molecule has 0 saturated heterocycles. The molecule has 0 bridgehead atoms. The number of nitrogens with zero attached hydrogens (tertiary/aromatic N) is 2. The second-order valence-corrected chi connectivity index (χ2v) is 12.0. The van der Waals surface area contributed by atoms with Crippen molar-refractivity contribution in [2.45, 2.75) is 4.90 Å².